The van der Waals surface area contributed by atoms with Crippen LogP contribution in [0.25, 0.3) is 0 Å². The summed E-state index contributed by atoms with van der Waals surface area (Å²) in [5.41, 5.74) is 1.51. The van der Waals surface area contributed by atoms with Gasteiger partial charge in [0.25, 0.3) is 7.51 Å². The van der Waals surface area contributed by atoms with Crippen LogP contribution in [0.15, 0.2) is 62.1 Å². The standard InChI is InChI=1S/C18H28N5O6P3/c1-24-17-11-7-15(8-12-17)19-30(20-16-9-13-18(25-2)14-10-16)21-31(26-3,27-4)23-32(22-30,28-5)29-6/h7-14,19-20H,1-6H3. The average molecular weight is 503 g/mol. The number of nitrogens with zero attached hydrogens (tertiary/aromatic N) is 3. The fraction of sp³-hybridized carbons (Fsp3) is 0.333. The molecule has 1 heterocycles. The summed E-state index contributed by atoms with van der Waals surface area (Å²) in [6.07, 6.45) is 0. The smallest absolute Gasteiger partial charge is 0.347 e. The van der Waals surface area contributed by atoms with E-state index < -0.39 is 22.8 Å². The van der Waals surface area contributed by atoms with Crippen LogP contribution < -0.4 is 19.6 Å². The fourth-order valence-electron chi connectivity index (χ4n) is 2.77. The van der Waals surface area contributed by atoms with Gasteiger partial charge in [0.15, 0.2) is 0 Å². The van der Waals surface area contributed by atoms with Crippen LogP contribution in [0.3, 0.4) is 0 Å². The van der Waals surface area contributed by atoms with E-state index in [4.69, 9.17) is 36.6 Å². The molecule has 0 amide bonds. The molecule has 2 aromatic rings. The summed E-state index contributed by atoms with van der Waals surface area (Å²) in [5.74, 6) is 1.45. The van der Waals surface area contributed by atoms with Crippen molar-refractivity contribution in [2.45, 2.75) is 0 Å². The third kappa shape index (κ3) is 5.38. The first-order chi connectivity index (χ1) is 15.4. The zero-order chi connectivity index (χ0) is 23.2. The van der Waals surface area contributed by atoms with Gasteiger partial charge in [-0.15, -0.1) is 4.52 Å². The number of benzene rings is 2. The van der Waals surface area contributed by atoms with Crippen LogP contribution in [-0.2, 0) is 18.1 Å². The lowest BCUT2D eigenvalue weighted by Crippen LogP contribution is -2.08. The van der Waals surface area contributed by atoms with Crippen LogP contribution in [0, 0.1) is 0 Å². The van der Waals surface area contributed by atoms with Gasteiger partial charge in [-0.05, 0) is 48.5 Å². The van der Waals surface area contributed by atoms with Crippen molar-refractivity contribution in [3.63, 3.8) is 0 Å². The number of hydrogen-bond donors (Lipinski definition) is 2. The Morgan fingerprint density at radius 2 is 0.906 bits per heavy atom. The largest absolute Gasteiger partial charge is 0.497 e. The highest BCUT2D eigenvalue weighted by molar-refractivity contribution is 7.83. The van der Waals surface area contributed by atoms with Crippen molar-refractivity contribution >= 4 is 34.2 Å². The Kier molecular flexibility index (Phi) is 8.06. The molecule has 11 nitrogen and oxygen atoms in total. The van der Waals surface area contributed by atoms with Crippen molar-refractivity contribution in [1.82, 2.24) is 0 Å². The first-order valence-corrected chi connectivity index (χ1v) is 14.1. The first-order valence-electron chi connectivity index (χ1n) is 9.38. The highest BCUT2D eigenvalue weighted by Crippen LogP contribution is 2.78. The number of methoxy groups -OCH3 is 2. The summed E-state index contributed by atoms with van der Waals surface area (Å²) in [6.45, 7) is 0. The van der Waals surface area contributed by atoms with Crippen molar-refractivity contribution in [2.24, 2.45) is 13.5 Å². The minimum absolute atomic E-state index is 0.727. The maximum Gasteiger partial charge on any atom is 0.347 e. The molecule has 0 radical (unpaired) electrons. The second-order valence-corrected chi connectivity index (χ2v) is 13.5. The van der Waals surface area contributed by atoms with Gasteiger partial charge in [-0.2, -0.15) is 9.03 Å². The molecule has 3 rings (SSSR count). The topological polar surface area (TPSA) is 117 Å². The second-order valence-electron chi connectivity index (χ2n) is 6.26. The molecule has 0 aromatic heterocycles. The molecule has 0 atom stereocenters. The van der Waals surface area contributed by atoms with Crippen molar-refractivity contribution in [2.75, 3.05) is 52.8 Å². The van der Waals surface area contributed by atoms with E-state index in [1.165, 1.54) is 28.4 Å². The van der Waals surface area contributed by atoms with E-state index in [2.05, 4.69) is 14.7 Å². The lowest BCUT2D eigenvalue weighted by Gasteiger charge is -2.33. The number of anilines is 2. The van der Waals surface area contributed by atoms with Crippen LogP contribution in [0.4, 0.5) is 11.4 Å². The molecule has 0 saturated carbocycles. The predicted molar refractivity (Wildman–Crippen MR) is 129 cm³/mol. The van der Waals surface area contributed by atoms with E-state index in [9.17, 15) is 0 Å². The highest BCUT2D eigenvalue weighted by atomic mass is 31.3. The zero-order valence-electron chi connectivity index (χ0n) is 18.8. The SMILES string of the molecule is COc1ccc(NP2(Nc3ccc(OC)cc3)=NP(OC)(OC)=NP(OC)(OC)=N2)cc1. The predicted octanol–water partition coefficient (Wildman–Crippen LogP) is 6.67. The van der Waals surface area contributed by atoms with E-state index >= 15 is 0 Å². The molecule has 0 aliphatic carbocycles. The van der Waals surface area contributed by atoms with Gasteiger partial charge < -0.3 is 37.7 Å². The van der Waals surface area contributed by atoms with Gasteiger partial charge in [-0.25, -0.2) is 0 Å². The minimum Gasteiger partial charge on any atom is -0.497 e. The van der Waals surface area contributed by atoms with Gasteiger partial charge in [0.2, 0.25) is 0 Å². The van der Waals surface area contributed by atoms with Gasteiger partial charge in [-0.3, -0.25) is 0 Å². The molecule has 1 aliphatic rings. The fourth-order valence-corrected chi connectivity index (χ4v) is 12.4. The Morgan fingerprint density at radius 3 is 1.25 bits per heavy atom. The summed E-state index contributed by atoms with van der Waals surface area (Å²) in [4.78, 5) is 0. The van der Waals surface area contributed by atoms with Crippen molar-refractivity contribution in [3.8, 4) is 11.5 Å². The molecule has 0 bridgehead atoms. The molecular weight excluding hydrogens is 475 g/mol. The molecule has 0 unspecified atom stereocenters. The third-order valence-corrected chi connectivity index (χ3v) is 13.1. The van der Waals surface area contributed by atoms with Crippen molar-refractivity contribution in [3.05, 3.63) is 48.5 Å². The maximum absolute atomic E-state index is 5.66. The Bertz CT molecular complexity index is 1010. The van der Waals surface area contributed by atoms with E-state index in [0.717, 1.165) is 22.9 Å². The lowest BCUT2D eigenvalue weighted by atomic mass is 10.3. The molecular formula is C18H28N5O6P3. The average Bonchev–Trinajstić information content (AvgIpc) is 2.84. The van der Waals surface area contributed by atoms with Crippen molar-refractivity contribution in [1.29, 1.82) is 0 Å². The van der Waals surface area contributed by atoms with E-state index in [1.54, 1.807) is 14.2 Å². The zero-order valence-corrected chi connectivity index (χ0v) is 21.4. The van der Waals surface area contributed by atoms with E-state index in [1.807, 2.05) is 48.5 Å². The normalized spacial score (nSPS) is 17.8. The Balaban J connectivity index is 2.20. The molecule has 32 heavy (non-hydrogen) atoms. The first kappa shape index (κ1) is 24.8. The van der Waals surface area contributed by atoms with Crippen LogP contribution >= 0.6 is 22.8 Å². The Labute approximate surface area is 188 Å². The Hall–Kier alpha value is -1.83. The van der Waals surface area contributed by atoms with Crippen LogP contribution in [0.2, 0.25) is 0 Å². The summed E-state index contributed by atoms with van der Waals surface area (Å²) in [6, 6.07) is 14.8. The van der Waals surface area contributed by atoms with Gasteiger partial charge in [-0.1, -0.05) is 0 Å². The molecule has 14 heteroatoms. The van der Waals surface area contributed by atoms with Crippen LogP contribution in [0.1, 0.15) is 0 Å². The highest BCUT2D eigenvalue weighted by Gasteiger charge is 2.39. The van der Waals surface area contributed by atoms with E-state index in [0.29, 0.717) is 0 Å². The van der Waals surface area contributed by atoms with Crippen molar-refractivity contribution < 1.29 is 27.6 Å². The molecule has 2 N–H and O–H groups in total. The molecule has 2 aromatic carbocycles. The molecule has 0 fully saturated rings. The molecule has 0 saturated heterocycles. The minimum atomic E-state index is -3.10. The summed E-state index contributed by atoms with van der Waals surface area (Å²) >= 11 is 0. The van der Waals surface area contributed by atoms with Gasteiger partial charge in [0, 0.05) is 39.8 Å². The molecule has 176 valence electrons. The third-order valence-electron chi connectivity index (χ3n) is 4.41. The molecule has 0 spiro atoms. The Morgan fingerprint density at radius 1 is 0.531 bits per heavy atom. The van der Waals surface area contributed by atoms with Crippen LogP contribution in [-0.4, -0.2) is 42.7 Å². The quantitative estimate of drug-likeness (QED) is 0.346. The maximum atomic E-state index is 5.66. The summed E-state index contributed by atoms with van der Waals surface area (Å²) in [7, 11) is -0.0315. The lowest BCUT2D eigenvalue weighted by molar-refractivity contribution is 0.314. The summed E-state index contributed by atoms with van der Waals surface area (Å²) < 4.78 is 47.5. The monoisotopic (exact) mass is 503 g/mol. The second kappa shape index (κ2) is 10.4. The van der Waals surface area contributed by atoms with Crippen LogP contribution in [0.5, 0.6) is 11.5 Å². The number of rotatable bonds is 10. The number of ether oxygens (including phenoxy) is 2. The van der Waals surface area contributed by atoms with E-state index in [-0.39, 0.29) is 0 Å². The summed E-state index contributed by atoms with van der Waals surface area (Å²) in [5, 5.41) is 6.85. The number of hydrogen-bond acceptors (Lipinski definition) is 11. The van der Waals surface area contributed by atoms with Gasteiger partial charge in [0.05, 0.1) is 14.2 Å². The molecule has 1 aliphatic heterocycles. The van der Waals surface area contributed by atoms with Gasteiger partial charge >= 0.3 is 15.3 Å². The number of nitrogens with one attached hydrogen (secondary N) is 2. The van der Waals surface area contributed by atoms with Gasteiger partial charge in [0.1, 0.15) is 11.5 Å².